The van der Waals surface area contributed by atoms with E-state index in [1.165, 1.54) is 51.4 Å². The van der Waals surface area contributed by atoms with E-state index in [-0.39, 0.29) is 0 Å². The van der Waals surface area contributed by atoms with E-state index in [0.717, 1.165) is 29.6 Å². The molecule has 0 bridgehead atoms. The van der Waals surface area contributed by atoms with E-state index >= 15 is 0 Å². The molecule has 0 aliphatic heterocycles. The third kappa shape index (κ3) is 5.33. The molecule has 0 amide bonds. The zero-order chi connectivity index (χ0) is 13.5. The van der Waals surface area contributed by atoms with Gasteiger partial charge in [0.05, 0.1) is 0 Å². The Kier molecular flexibility index (Phi) is 7.34. The molecule has 0 aromatic rings. The second-order valence-electron chi connectivity index (χ2n) is 7.10. The maximum absolute atomic E-state index is 2.48. The molecule has 0 spiro atoms. The van der Waals surface area contributed by atoms with Crippen LogP contribution in [0.3, 0.4) is 0 Å². The summed E-state index contributed by atoms with van der Waals surface area (Å²) in [5.41, 5.74) is 0. The van der Waals surface area contributed by atoms with Crippen molar-refractivity contribution in [3.63, 3.8) is 0 Å². The van der Waals surface area contributed by atoms with Crippen molar-refractivity contribution in [1.82, 2.24) is 0 Å². The third-order valence-corrected chi connectivity index (χ3v) is 5.43. The van der Waals surface area contributed by atoms with Crippen molar-refractivity contribution in [2.45, 2.75) is 86.0 Å². The molecule has 1 aliphatic rings. The van der Waals surface area contributed by atoms with Gasteiger partial charge in [-0.05, 0) is 42.4 Å². The summed E-state index contributed by atoms with van der Waals surface area (Å²) in [5, 5.41) is 0. The smallest absolute Gasteiger partial charge is 0.0357 e. The van der Waals surface area contributed by atoms with Crippen molar-refractivity contribution in [2.24, 2.45) is 29.6 Å². The van der Waals surface area contributed by atoms with Gasteiger partial charge in [0.2, 0.25) is 0 Å². The van der Waals surface area contributed by atoms with E-state index in [1.54, 1.807) is 0 Å². The molecule has 5 atom stereocenters. The van der Waals surface area contributed by atoms with E-state index < -0.39 is 0 Å². The average Bonchev–Trinajstić information content (AvgIpc) is 3.12. The molecular weight excluding hydrogens is 216 g/mol. The van der Waals surface area contributed by atoms with Crippen LogP contribution in [0.15, 0.2) is 0 Å². The summed E-state index contributed by atoms with van der Waals surface area (Å²) in [6.07, 6.45) is 11.6. The Hall–Kier alpha value is 0. The standard InChI is InChI=1S/C18H36/c1-6-8-10-14(3)15(4)11-12-17-13-18(17)16(5)9-7-2/h14-18H,6-13H2,1-5H3. The lowest BCUT2D eigenvalue weighted by atomic mass is 9.86. The van der Waals surface area contributed by atoms with Crippen LogP contribution in [0.2, 0.25) is 0 Å². The van der Waals surface area contributed by atoms with Gasteiger partial charge in [0.25, 0.3) is 0 Å². The van der Waals surface area contributed by atoms with Crippen LogP contribution in [0, 0.1) is 29.6 Å². The monoisotopic (exact) mass is 252 g/mol. The SMILES string of the molecule is CCCCC(C)C(C)CCC1CC1C(C)CCC. The van der Waals surface area contributed by atoms with Crippen LogP contribution >= 0.6 is 0 Å². The second kappa shape index (κ2) is 8.23. The van der Waals surface area contributed by atoms with Gasteiger partial charge in [0, 0.05) is 0 Å². The van der Waals surface area contributed by atoms with Crippen LogP contribution in [0.25, 0.3) is 0 Å². The Balaban J connectivity index is 2.11. The quantitative estimate of drug-likeness (QED) is 0.428. The van der Waals surface area contributed by atoms with Crippen molar-refractivity contribution in [2.75, 3.05) is 0 Å². The minimum atomic E-state index is 0.940. The molecule has 0 saturated heterocycles. The molecule has 0 aromatic heterocycles. The van der Waals surface area contributed by atoms with Gasteiger partial charge in [-0.25, -0.2) is 0 Å². The van der Waals surface area contributed by atoms with Crippen LogP contribution in [-0.2, 0) is 0 Å². The molecule has 0 heterocycles. The maximum atomic E-state index is 2.48. The van der Waals surface area contributed by atoms with Crippen molar-refractivity contribution >= 4 is 0 Å². The highest BCUT2D eigenvalue weighted by Crippen LogP contribution is 2.49. The van der Waals surface area contributed by atoms with E-state index in [1.807, 2.05) is 0 Å². The molecular formula is C18H36. The lowest BCUT2D eigenvalue weighted by molar-refractivity contribution is 0.316. The Labute approximate surface area is 116 Å². The van der Waals surface area contributed by atoms with Gasteiger partial charge in [0.15, 0.2) is 0 Å². The van der Waals surface area contributed by atoms with Gasteiger partial charge in [-0.3, -0.25) is 0 Å². The highest BCUT2D eigenvalue weighted by atomic mass is 14.4. The predicted molar refractivity (Wildman–Crippen MR) is 82.8 cm³/mol. The second-order valence-corrected chi connectivity index (χ2v) is 7.10. The first-order chi connectivity index (χ1) is 8.60. The van der Waals surface area contributed by atoms with Gasteiger partial charge in [-0.2, -0.15) is 0 Å². The number of unbranched alkanes of at least 4 members (excludes halogenated alkanes) is 1. The lowest BCUT2D eigenvalue weighted by Gasteiger charge is -2.20. The van der Waals surface area contributed by atoms with Crippen molar-refractivity contribution in [3.8, 4) is 0 Å². The fourth-order valence-corrected chi connectivity index (χ4v) is 3.54. The first-order valence-electron chi connectivity index (χ1n) is 8.60. The predicted octanol–water partition coefficient (Wildman–Crippen LogP) is 6.30. The summed E-state index contributed by atoms with van der Waals surface area (Å²) >= 11 is 0. The molecule has 18 heavy (non-hydrogen) atoms. The van der Waals surface area contributed by atoms with Crippen LogP contribution in [0.5, 0.6) is 0 Å². The third-order valence-electron chi connectivity index (χ3n) is 5.43. The summed E-state index contributed by atoms with van der Waals surface area (Å²) in [7, 11) is 0. The Morgan fingerprint density at radius 2 is 1.56 bits per heavy atom. The molecule has 1 saturated carbocycles. The molecule has 0 aromatic carbocycles. The van der Waals surface area contributed by atoms with E-state index in [0.29, 0.717) is 0 Å². The summed E-state index contributed by atoms with van der Waals surface area (Å²) in [4.78, 5) is 0. The average molecular weight is 252 g/mol. The first kappa shape index (κ1) is 16.1. The fourth-order valence-electron chi connectivity index (χ4n) is 3.54. The lowest BCUT2D eigenvalue weighted by Crippen LogP contribution is -2.09. The number of hydrogen-bond acceptors (Lipinski definition) is 0. The minimum Gasteiger partial charge on any atom is -0.0654 e. The zero-order valence-electron chi connectivity index (χ0n) is 13.5. The van der Waals surface area contributed by atoms with Crippen LogP contribution in [0.4, 0.5) is 0 Å². The van der Waals surface area contributed by atoms with Gasteiger partial charge < -0.3 is 0 Å². The molecule has 0 N–H and O–H groups in total. The summed E-state index contributed by atoms with van der Waals surface area (Å²) in [5.74, 6) is 5.05. The van der Waals surface area contributed by atoms with Crippen LogP contribution < -0.4 is 0 Å². The molecule has 0 radical (unpaired) electrons. The highest BCUT2D eigenvalue weighted by Gasteiger charge is 2.39. The Morgan fingerprint density at radius 3 is 2.17 bits per heavy atom. The Morgan fingerprint density at radius 1 is 0.889 bits per heavy atom. The summed E-state index contributed by atoms with van der Waals surface area (Å²) in [6.45, 7) is 12.0. The van der Waals surface area contributed by atoms with Gasteiger partial charge in [-0.1, -0.05) is 73.1 Å². The topological polar surface area (TPSA) is 0 Å². The minimum absolute atomic E-state index is 0.940. The van der Waals surface area contributed by atoms with E-state index in [2.05, 4.69) is 34.6 Å². The summed E-state index contributed by atoms with van der Waals surface area (Å²) < 4.78 is 0. The zero-order valence-corrected chi connectivity index (χ0v) is 13.5. The number of rotatable bonds is 10. The molecule has 1 aliphatic carbocycles. The van der Waals surface area contributed by atoms with Gasteiger partial charge in [0.1, 0.15) is 0 Å². The van der Waals surface area contributed by atoms with E-state index in [9.17, 15) is 0 Å². The van der Waals surface area contributed by atoms with Crippen molar-refractivity contribution < 1.29 is 0 Å². The van der Waals surface area contributed by atoms with E-state index in [4.69, 9.17) is 0 Å². The number of hydrogen-bond donors (Lipinski definition) is 0. The van der Waals surface area contributed by atoms with Crippen LogP contribution in [-0.4, -0.2) is 0 Å². The van der Waals surface area contributed by atoms with Crippen LogP contribution in [0.1, 0.15) is 86.0 Å². The molecule has 1 fully saturated rings. The highest BCUT2D eigenvalue weighted by molar-refractivity contribution is 4.89. The largest absolute Gasteiger partial charge is 0.0654 e. The van der Waals surface area contributed by atoms with Gasteiger partial charge >= 0.3 is 0 Å². The first-order valence-corrected chi connectivity index (χ1v) is 8.60. The van der Waals surface area contributed by atoms with Gasteiger partial charge in [-0.15, -0.1) is 0 Å². The molecule has 0 heteroatoms. The molecule has 108 valence electrons. The Bertz CT molecular complexity index is 208. The normalized spacial score (nSPS) is 27.8. The van der Waals surface area contributed by atoms with Crippen molar-refractivity contribution in [3.05, 3.63) is 0 Å². The maximum Gasteiger partial charge on any atom is -0.0357 e. The fraction of sp³-hybridized carbons (Fsp3) is 1.00. The molecule has 5 unspecified atom stereocenters. The molecule has 1 rings (SSSR count). The summed E-state index contributed by atoms with van der Waals surface area (Å²) in [6, 6.07) is 0. The van der Waals surface area contributed by atoms with Crippen molar-refractivity contribution in [1.29, 1.82) is 0 Å². The molecule has 0 nitrogen and oxygen atoms in total.